The van der Waals surface area contributed by atoms with E-state index in [-0.39, 0.29) is 23.8 Å². The van der Waals surface area contributed by atoms with Crippen LogP contribution in [0.2, 0.25) is 5.02 Å². The highest BCUT2D eigenvalue weighted by molar-refractivity contribution is 7.07. The van der Waals surface area contributed by atoms with Gasteiger partial charge in [0.05, 0.1) is 21.9 Å². The third-order valence-corrected chi connectivity index (χ3v) is 6.69. The van der Waals surface area contributed by atoms with E-state index in [1.54, 1.807) is 75.4 Å². The molecule has 0 bridgehead atoms. The molecule has 0 saturated carbocycles. The minimum Gasteiger partial charge on any atom is -0.483 e. The maximum Gasteiger partial charge on any atom is 0.338 e. The molecule has 0 aliphatic carbocycles. The number of carbonyl (C=O) groups excluding carboxylic acids is 2. The van der Waals surface area contributed by atoms with Crippen LogP contribution >= 0.6 is 22.9 Å². The molecule has 4 rings (SSSR count). The molecule has 0 saturated heterocycles. The second-order valence-electron chi connectivity index (χ2n) is 8.35. The SMILES string of the molecule is CC1=C(C(=O)OC(C)C)C(c2ccccc2Cl)n2c(sc(=Cc3ccccc3OCC(N)=O)c2=O)=N1. The van der Waals surface area contributed by atoms with E-state index >= 15 is 0 Å². The van der Waals surface area contributed by atoms with E-state index in [2.05, 4.69) is 4.99 Å². The number of halogens is 1. The van der Waals surface area contributed by atoms with Gasteiger partial charge in [-0.15, -0.1) is 0 Å². The van der Waals surface area contributed by atoms with Gasteiger partial charge in [0.2, 0.25) is 0 Å². The van der Waals surface area contributed by atoms with Gasteiger partial charge in [-0.25, -0.2) is 9.79 Å². The topological polar surface area (TPSA) is 113 Å². The van der Waals surface area contributed by atoms with Crippen LogP contribution in [0.4, 0.5) is 0 Å². The van der Waals surface area contributed by atoms with E-state index in [9.17, 15) is 14.4 Å². The third-order valence-electron chi connectivity index (χ3n) is 5.36. The molecule has 1 amide bonds. The van der Waals surface area contributed by atoms with Gasteiger partial charge in [-0.3, -0.25) is 14.2 Å². The maximum atomic E-state index is 13.7. The maximum absolute atomic E-state index is 13.7. The Balaban J connectivity index is 1.92. The van der Waals surface area contributed by atoms with Crippen molar-refractivity contribution in [1.29, 1.82) is 0 Å². The molecule has 2 heterocycles. The molecule has 1 atom stereocenters. The number of para-hydroxylation sites is 1. The van der Waals surface area contributed by atoms with Gasteiger partial charge in [-0.05, 0) is 44.5 Å². The number of amides is 1. The number of allylic oxidation sites excluding steroid dienone is 1. The summed E-state index contributed by atoms with van der Waals surface area (Å²) in [7, 11) is 0. The van der Waals surface area contributed by atoms with Crippen molar-refractivity contribution in [2.24, 2.45) is 10.7 Å². The molecule has 1 aliphatic heterocycles. The predicted molar refractivity (Wildman–Crippen MR) is 138 cm³/mol. The summed E-state index contributed by atoms with van der Waals surface area (Å²) in [5.41, 5.74) is 6.73. The number of hydrogen-bond acceptors (Lipinski definition) is 7. The zero-order valence-electron chi connectivity index (χ0n) is 19.9. The van der Waals surface area contributed by atoms with Gasteiger partial charge >= 0.3 is 5.97 Å². The quantitative estimate of drug-likeness (QED) is 0.476. The molecule has 1 unspecified atom stereocenters. The van der Waals surface area contributed by atoms with Crippen molar-refractivity contribution < 1.29 is 19.1 Å². The molecular weight excluding hydrogens is 502 g/mol. The van der Waals surface area contributed by atoms with Crippen LogP contribution in [0.15, 0.2) is 69.6 Å². The predicted octanol–water partition coefficient (Wildman–Crippen LogP) is 2.70. The number of fused-ring (bicyclic) bond motifs is 1. The van der Waals surface area contributed by atoms with E-state index in [0.717, 1.165) is 0 Å². The Bertz CT molecular complexity index is 1550. The van der Waals surface area contributed by atoms with Gasteiger partial charge in [0.1, 0.15) is 11.8 Å². The molecule has 1 aromatic heterocycles. The number of nitrogens with two attached hydrogens (primary N) is 1. The first-order valence-corrected chi connectivity index (χ1v) is 12.3. The second kappa shape index (κ2) is 10.5. The largest absolute Gasteiger partial charge is 0.483 e. The van der Waals surface area contributed by atoms with Crippen molar-refractivity contribution in [3.63, 3.8) is 0 Å². The van der Waals surface area contributed by atoms with Gasteiger partial charge in [0, 0.05) is 10.6 Å². The number of carbonyl (C=O) groups is 2. The Morgan fingerprint density at radius 3 is 2.58 bits per heavy atom. The van der Waals surface area contributed by atoms with Crippen molar-refractivity contribution >= 4 is 40.9 Å². The van der Waals surface area contributed by atoms with Crippen molar-refractivity contribution in [2.45, 2.75) is 32.9 Å². The fourth-order valence-corrected chi connectivity index (χ4v) is 5.15. The van der Waals surface area contributed by atoms with E-state index in [4.69, 9.17) is 26.8 Å². The molecule has 0 radical (unpaired) electrons. The minimum atomic E-state index is -0.815. The van der Waals surface area contributed by atoms with Crippen molar-refractivity contribution in [3.05, 3.63) is 95.6 Å². The summed E-state index contributed by atoms with van der Waals surface area (Å²) in [5, 5.41) is 0.409. The smallest absolute Gasteiger partial charge is 0.338 e. The molecule has 186 valence electrons. The highest BCUT2D eigenvalue weighted by Gasteiger charge is 2.34. The Labute approximate surface area is 215 Å². The standard InChI is InChI=1S/C26H24ClN3O5S/c1-14(2)35-25(33)22-15(3)29-26-30(23(22)17-9-5-6-10-18(17)27)24(32)20(36-26)12-16-8-4-7-11-19(16)34-13-21(28)31/h4-12,14,23H,13H2,1-3H3,(H2,28,31). The number of rotatable bonds is 7. The lowest BCUT2D eigenvalue weighted by atomic mass is 9.96. The monoisotopic (exact) mass is 525 g/mol. The average molecular weight is 526 g/mol. The van der Waals surface area contributed by atoms with Gasteiger partial charge in [-0.1, -0.05) is 59.3 Å². The molecule has 1 aliphatic rings. The Kier molecular flexibility index (Phi) is 7.42. The Morgan fingerprint density at radius 1 is 1.19 bits per heavy atom. The lowest BCUT2D eigenvalue weighted by Crippen LogP contribution is -2.40. The lowest BCUT2D eigenvalue weighted by Gasteiger charge is -2.26. The van der Waals surface area contributed by atoms with Crippen LogP contribution in [0, 0.1) is 0 Å². The Morgan fingerprint density at radius 2 is 1.89 bits per heavy atom. The first kappa shape index (κ1) is 25.4. The normalized spacial score (nSPS) is 15.5. The van der Waals surface area contributed by atoms with Crippen LogP contribution < -0.4 is 25.4 Å². The molecule has 8 nitrogen and oxygen atoms in total. The van der Waals surface area contributed by atoms with Crippen LogP contribution in [0.3, 0.4) is 0 Å². The lowest BCUT2D eigenvalue weighted by molar-refractivity contribution is -0.143. The summed E-state index contributed by atoms with van der Waals surface area (Å²) >= 11 is 7.72. The van der Waals surface area contributed by atoms with E-state index < -0.39 is 17.9 Å². The highest BCUT2D eigenvalue weighted by Crippen LogP contribution is 2.34. The number of primary amides is 1. The fraction of sp³-hybridized carbons (Fsp3) is 0.231. The number of benzene rings is 2. The van der Waals surface area contributed by atoms with Crippen LogP contribution in [0.1, 0.15) is 37.9 Å². The number of thiazole rings is 1. The van der Waals surface area contributed by atoms with Gasteiger partial charge in [0.25, 0.3) is 11.5 Å². The number of aromatic nitrogens is 1. The van der Waals surface area contributed by atoms with Gasteiger partial charge in [0.15, 0.2) is 11.4 Å². The summed E-state index contributed by atoms with van der Waals surface area (Å²) < 4.78 is 12.8. The first-order valence-electron chi connectivity index (χ1n) is 11.2. The van der Waals surface area contributed by atoms with Crippen LogP contribution in [-0.4, -0.2) is 29.2 Å². The van der Waals surface area contributed by atoms with E-state index in [0.29, 0.717) is 36.9 Å². The molecule has 36 heavy (non-hydrogen) atoms. The average Bonchev–Trinajstić information content (AvgIpc) is 3.12. The van der Waals surface area contributed by atoms with Gasteiger partial charge in [-0.2, -0.15) is 0 Å². The fourth-order valence-electron chi connectivity index (χ4n) is 3.87. The molecule has 0 spiro atoms. The van der Waals surface area contributed by atoms with E-state index in [1.807, 2.05) is 0 Å². The molecule has 3 aromatic rings. The summed E-state index contributed by atoms with van der Waals surface area (Å²) in [6, 6.07) is 13.2. The van der Waals surface area contributed by atoms with Crippen molar-refractivity contribution in [1.82, 2.24) is 4.57 Å². The van der Waals surface area contributed by atoms with Crippen LogP contribution in [0.5, 0.6) is 5.75 Å². The number of ether oxygens (including phenoxy) is 2. The minimum absolute atomic E-state index is 0.251. The number of esters is 1. The third kappa shape index (κ3) is 5.12. The van der Waals surface area contributed by atoms with Crippen LogP contribution in [-0.2, 0) is 14.3 Å². The summed E-state index contributed by atoms with van der Waals surface area (Å²) in [6.45, 7) is 4.93. The van der Waals surface area contributed by atoms with Crippen molar-refractivity contribution in [3.8, 4) is 5.75 Å². The highest BCUT2D eigenvalue weighted by atomic mass is 35.5. The number of nitrogens with zero attached hydrogens (tertiary/aromatic N) is 2. The Hall–Kier alpha value is -3.69. The summed E-state index contributed by atoms with van der Waals surface area (Å²) in [6.07, 6.45) is 1.31. The molecule has 2 aromatic carbocycles. The molecule has 10 heteroatoms. The van der Waals surface area contributed by atoms with Crippen molar-refractivity contribution in [2.75, 3.05) is 6.61 Å². The summed E-state index contributed by atoms with van der Waals surface area (Å²) in [5.74, 6) is -0.766. The molecular formula is C26H24ClN3O5S. The summed E-state index contributed by atoms with van der Waals surface area (Å²) in [4.78, 5) is 43.1. The molecule has 2 N–H and O–H groups in total. The van der Waals surface area contributed by atoms with Gasteiger partial charge < -0.3 is 15.2 Å². The number of hydrogen-bond donors (Lipinski definition) is 1. The zero-order chi connectivity index (χ0) is 26.0. The first-order chi connectivity index (χ1) is 17.2. The molecule has 0 fully saturated rings. The second-order valence-corrected chi connectivity index (χ2v) is 9.77. The van der Waals surface area contributed by atoms with Crippen LogP contribution in [0.25, 0.3) is 6.08 Å². The van der Waals surface area contributed by atoms with E-state index in [1.165, 1.54) is 15.9 Å². The zero-order valence-corrected chi connectivity index (χ0v) is 21.4.